The highest BCUT2D eigenvalue weighted by molar-refractivity contribution is 8.00. The fourth-order valence-corrected chi connectivity index (χ4v) is 3.78. The lowest BCUT2D eigenvalue weighted by Crippen LogP contribution is -2.23. The summed E-state index contributed by atoms with van der Waals surface area (Å²) in [6, 6.07) is 13.7. The van der Waals surface area contributed by atoms with E-state index >= 15 is 0 Å². The Hall–Kier alpha value is -2.80. The monoisotopic (exact) mass is 396 g/mol. The van der Waals surface area contributed by atoms with Gasteiger partial charge in [0.15, 0.2) is 5.16 Å². The number of nitrogens with zero attached hydrogens (tertiary/aromatic N) is 3. The largest absolute Gasteiger partial charge is 0.495 e. The van der Waals surface area contributed by atoms with E-state index in [1.807, 2.05) is 74.7 Å². The van der Waals surface area contributed by atoms with E-state index < -0.39 is 0 Å². The number of para-hydroxylation sites is 1. The lowest BCUT2D eigenvalue weighted by atomic mass is 10.2. The molecule has 0 aliphatic carbocycles. The first-order valence-corrected chi connectivity index (χ1v) is 9.89. The Kier molecular flexibility index (Phi) is 6.04. The molecule has 28 heavy (non-hydrogen) atoms. The van der Waals surface area contributed by atoms with Crippen molar-refractivity contribution in [2.24, 2.45) is 0 Å². The standard InChI is InChI=1S/C21H24N4O2S/c1-13-10-11-19(27-5)17(12-13)22-20(26)15(3)28-21-24-23-16(4)25(21)18-9-7-6-8-14(18)2/h6-12,15H,1-5H3,(H,22,26). The van der Waals surface area contributed by atoms with Gasteiger partial charge in [-0.1, -0.05) is 36.0 Å². The molecule has 0 saturated carbocycles. The lowest BCUT2D eigenvalue weighted by molar-refractivity contribution is -0.115. The normalized spacial score (nSPS) is 11.9. The molecular formula is C21H24N4O2S. The van der Waals surface area contributed by atoms with Crippen LogP contribution in [0.4, 0.5) is 5.69 Å². The molecule has 1 atom stereocenters. The molecule has 6 nitrogen and oxygen atoms in total. The highest BCUT2D eigenvalue weighted by atomic mass is 32.2. The molecule has 1 N–H and O–H groups in total. The summed E-state index contributed by atoms with van der Waals surface area (Å²) in [7, 11) is 1.59. The van der Waals surface area contributed by atoms with Crippen molar-refractivity contribution in [2.45, 2.75) is 38.1 Å². The predicted octanol–water partition coefficient (Wildman–Crippen LogP) is 4.32. The first kappa shape index (κ1) is 19.9. The minimum absolute atomic E-state index is 0.120. The van der Waals surface area contributed by atoms with Crippen molar-refractivity contribution < 1.29 is 9.53 Å². The zero-order valence-corrected chi connectivity index (χ0v) is 17.5. The topological polar surface area (TPSA) is 69.0 Å². The molecule has 0 fully saturated rings. The number of hydrogen-bond donors (Lipinski definition) is 1. The van der Waals surface area contributed by atoms with E-state index in [2.05, 4.69) is 15.5 Å². The number of carbonyl (C=O) groups is 1. The molecule has 0 bridgehead atoms. The Bertz CT molecular complexity index is 1000. The van der Waals surface area contributed by atoms with Gasteiger partial charge in [-0.3, -0.25) is 9.36 Å². The summed E-state index contributed by atoms with van der Waals surface area (Å²) in [6.07, 6.45) is 0. The fraction of sp³-hybridized carbons (Fsp3) is 0.286. The van der Waals surface area contributed by atoms with Gasteiger partial charge in [0.05, 0.1) is 23.7 Å². The maximum atomic E-state index is 12.8. The highest BCUT2D eigenvalue weighted by Crippen LogP contribution is 2.29. The van der Waals surface area contributed by atoms with Gasteiger partial charge >= 0.3 is 0 Å². The number of thioether (sulfide) groups is 1. The van der Waals surface area contributed by atoms with Gasteiger partial charge in [0, 0.05) is 0 Å². The van der Waals surface area contributed by atoms with Crippen LogP contribution < -0.4 is 10.1 Å². The van der Waals surface area contributed by atoms with Crippen molar-refractivity contribution >= 4 is 23.4 Å². The Labute approximate surface area is 169 Å². The van der Waals surface area contributed by atoms with Gasteiger partial charge in [0.2, 0.25) is 5.91 Å². The van der Waals surface area contributed by atoms with E-state index in [0.29, 0.717) is 16.6 Å². The van der Waals surface area contributed by atoms with Crippen molar-refractivity contribution in [1.82, 2.24) is 14.8 Å². The molecular weight excluding hydrogens is 372 g/mol. The van der Waals surface area contributed by atoms with Gasteiger partial charge in [-0.05, 0) is 57.0 Å². The molecule has 0 saturated heterocycles. The van der Waals surface area contributed by atoms with Crippen molar-refractivity contribution in [1.29, 1.82) is 0 Å². The third-order valence-corrected chi connectivity index (χ3v) is 5.46. The number of benzene rings is 2. The average molecular weight is 397 g/mol. The lowest BCUT2D eigenvalue weighted by Gasteiger charge is -2.16. The van der Waals surface area contributed by atoms with Crippen LogP contribution in [0.5, 0.6) is 5.75 Å². The number of aryl methyl sites for hydroxylation is 3. The smallest absolute Gasteiger partial charge is 0.237 e. The molecule has 0 aliphatic heterocycles. The van der Waals surface area contributed by atoms with Gasteiger partial charge in [-0.2, -0.15) is 0 Å². The van der Waals surface area contributed by atoms with E-state index in [-0.39, 0.29) is 11.2 Å². The van der Waals surface area contributed by atoms with Crippen LogP contribution in [0.2, 0.25) is 0 Å². The van der Waals surface area contributed by atoms with Gasteiger partial charge in [0.1, 0.15) is 11.6 Å². The molecule has 1 heterocycles. The molecule has 3 aromatic rings. The van der Waals surface area contributed by atoms with Crippen molar-refractivity contribution in [3.05, 3.63) is 59.4 Å². The molecule has 1 aromatic heterocycles. The van der Waals surface area contributed by atoms with Gasteiger partial charge < -0.3 is 10.1 Å². The number of rotatable bonds is 6. The van der Waals surface area contributed by atoms with Crippen molar-refractivity contribution in [2.75, 3.05) is 12.4 Å². The van der Waals surface area contributed by atoms with Crippen LogP contribution in [0.25, 0.3) is 5.69 Å². The highest BCUT2D eigenvalue weighted by Gasteiger charge is 2.21. The summed E-state index contributed by atoms with van der Waals surface area (Å²) >= 11 is 1.38. The Morgan fingerprint density at radius 3 is 2.61 bits per heavy atom. The SMILES string of the molecule is COc1ccc(C)cc1NC(=O)C(C)Sc1nnc(C)n1-c1ccccc1C. The second-order valence-electron chi connectivity index (χ2n) is 6.60. The quantitative estimate of drug-likeness (QED) is 0.629. The number of ether oxygens (including phenoxy) is 1. The zero-order chi connectivity index (χ0) is 20.3. The van der Waals surface area contributed by atoms with E-state index in [1.165, 1.54) is 11.8 Å². The van der Waals surface area contributed by atoms with E-state index in [9.17, 15) is 4.79 Å². The average Bonchev–Trinajstić information content (AvgIpc) is 3.02. The third-order valence-electron chi connectivity index (χ3n) is 4.42. The number of hydrogen-bond acceptors (Lipinski definition) is 5. The van der Waals surface area contributed by atoms with Crippen LogP contribution in [-0.4, -0.2) is 33.0 Å². The molecule has 1 unspecified atom stereocenters. The van der Waals surface area contributed by atoms with Crippen LogP contribution >= 0.6 is 11.8 Å². The number of methoxy groups -OCH3 is 1. The Morgan fingerprint density at radius 1 is 1.14 bits per heavy atom. The summed E-state index contributed by atoms with van der Waals surface area (Å²) < 4.78 is 7.33. The van der Waals surface area contributed by atoms with Crippen LogP contribution in [0.15, 0.2) is 47.6 Å². The summed E-state index contributed by atoms with van der Waals surface area (Å²) in [4.78, 5) is 12.8. The summed E-state index contributed by atoms with van der Waals surface area (Å²) in [5, 5.41) is 11.8. The van der Waals surface area contributed by atoms with E-state index in [4.69, 9.17) is 4.74 Å². The molecule has 0 aliphatic rings. The van der Waals surface area contributed by atoms with Crippen LogP contribution in [0.1, 0.15) is 23.9 Å². The third kappa shape index (κ3) is 4.20. The minimum atomic E-state index is -0.364. The predicted molar refractivity (Wildman–Crippen MR) is 113 cm³/mol. The molecule has 1 amide bonds. The molecule has 146 valence electrons. The Morgan fingerprint density at radius 2 is 1.89 bits per heavy atom. The number of amides is 1. The zero-order valence-electron chi connectivity index (χ0n) is 16.7. The number of nitrogens with one attached hydrogen (secondary N) is 1. The summed E-state index contributed by atoms with van der Waals surface area (Å²) in [5.41, 5.74) is 3.84. The molecule has 0 radical (unpaired) electrons. The molecule has 0 spiro atoms. The number of carbonyl (C=O) groups excluding carboxylic acids is 1. The van der Waals surface area contributed by atoms with Gasteiger partial charge in [0.25, 0.3) is 0 Å². The van der Waals surface area contributed by atoms with Crippen LogP contribution in [0, 0.1) is 20.8 Å². The summed E-state index contributed by atoms with van der Waals surface area (Å²) in [6.45, 7) is 7.78. The van der Waals surface area contributed by atoms with Crippen molar-refractivity contribution in [3.8, 4) is 11.4 Å². The second kappa shape index (κ2) is 8.48. The second-order valence-corrected chi connectivity index (χ2v) is 7.91. The van der Waals surface area contributed by atoms with Gasteiger partial charge in [-0.15, -0.1) is 10.2 Å². The number of anilines is 1. The van der Waals surface area contributed by atoms with Gasteiger partial charge in [-0.25, -0.2) is 0 Å². The molecule has 7 heteroatoms. The van der Waals surface area contributed by atoms with Crippen LogP contribution in [0.3, 0.4) is 0 Å². The maximum Gasteiger partial charge on any atom is 0.237 e. The van der Waals surface area contributed by atoms with E-state index in [0.717, 1.165) is 22.6 Å². The van der Waals surface area contributed by atoms with Crippen LogP contribution in [-0.2, 0) is 4.79 Å². The van der Waals surface area contributed by atoms with Crippen molar-refractivity contribution in [3.63, 3.8) is 0 Å². The number of aromatic nitrogens is 3. The first-order chi connectivity index (χ1) is 13.4. The summed E-state index contributed by atoms with van der Waals surface area (Å²) in [5.74, 6) is 1.30. The van der Waals surface area contributed by atoms with E-state index in [1.54, 1.807) is 7.11 Å². The first-order valence-electron chi connectivity index (χ1n) is 9.01. The molecule has 3 rings (SSSR count). The molecule has 2 aromatic carbocycles. The minimum Gasteiger partial charge on any atom is -0.495 e. The Balaban J connectivity index is 1.81. The fourth-order valence-electron chi connectivity index (χ4n) is 2.88. The maximum absolute atomic E-state index is 12.8.